The number of nitrogens with two attached hydrogens (primary N) is 1. The molecule has 2 unspecified atom stereocenters. The minimum Gasteiger partial charge on any atom is -0.352 e. The van der Waals surface area contributed by atoms with Gasteiger partial charge in [-0.05, 0) is 42.0 Å². The Hall–Kier alpha value is -2.17. The van der Waals surface area contributed by atoms with E-state index in [-0.39, 0.29) is 11.9 Å². The summed E-state index contributed by atoms with van der Waals surface area (Å²) in [7, 11) is 0. The molecule has 1 aliphatic rings. The molecule has 144 valence electrons. The third-order valence-electron chi connectivity index (χ3n) is 5.29. The highest BCUT2D eigenvalue weighted by Crippen LogP contribution is 2.18. The van der Waals surface area contributed by atoms with Crippen molar-refractivity contribution in [2.24, 2.45) is 11.7 Å². The lowest BCUT2D eigenvalue weighted by atomic mass is 9.99. The van der Waals surface area contributed by atoms with E-state index in [9.17, 15) is 4.79 Å². The molecule has 0 bridgehead atoms. The van der Waals surface area contributed by atoms with E-state index in [2.05, 4.69) is 41.4 Å². The molecule has 0 radical (unpaired) electrons. The molecule has 2 aromatic carbocycles. The molecule has 1 fully saturated rings. The highest BCUT2D eigenvalue weighted by molar-refractivity contribution is 5.76. The fourth-order valence-corrected chi connectivity index (χ4v) is 3.74. The van der Waals surface area contributed by atoms with Gasteiger partial charge in [0.05, 0.1) is 0 Å². The fourth-order valence-electron chi connectivity index (χ4n) is 3.74. The van der Waals surface area contributed by atoms with Crippen LogP contribution in [0.1, 0.15) is 48.9 Å². The molecular formula is C23H31N3O. The zero-order valence-electron chi connectivity index (χ0n) is 16.2. The Balaban J connectivity index is 1.43. The normalized spacial score (nSPS) is 18.8. The van der Waals surface area contributed by atoms with E-state index < -0.39 is 0 Å². The molecule has 0 spiro atoms. The Morgan fingerprint density at radius 2 is 1.85 bits per heavy atom. The van der Waals surface area contributed by atoms with E-state index in [0.717, 1.165) is 23.6 Å². The van der Waals surface area contributed by atoms with Crippen molar-refractivity contribution < 1.29 is 4.79 Å². The maximum Gasteiger partial charge on any atom is 0.222 e. The zero-order chi connectivity index (χ0) is 19.1. The van der Waals surface area contributed by atoms with Crippen LogP contribution in [0, 0.1) is 5.92 Å². The number of piperidine rings is 1. The van der Waals surface area contributed by atoms with Crippen LogP contribution < -0.4 is 11.1 Å². The van der Waals surface area contributed by atoms with Crippen molar-refractivity contribution in [2.75, 3.05) is 13.1 Å². The quantitative estimate of drug-likeness (QED) is 0.788. The molecule has 3 N–H and O–H groups in total. The van der Waals surface area contributed by atoms with Crippen LogP contribution in [0.15, 0.2) is 54.6 Å². The van der Waals surface area contributed by atoms with Crippen molar-refractivity contribution in [2.45, 2.75) is 45.3 Å². The molecule has 2 aromatic rings. The molecule has 1 amide bonds. The van der Waals surface area contributed by atoms with Gasteiger partial charge in [0.1, 0.15) is 0 Å². The first-order chi connectivity index (χ1) is 13.1. The van der Waals surface area contributed by atoms with Crippen LogP contribution in [0.4, 0.5) is 0 Å². The van der Waals surface area contributed by atoms with Gasteiger partial charge in [-0.1, -0.05) is 61.5 Å². The Bertz CT molecular complexity index is 714. The van der Waals surface area contributed by atoms with Crippen LogP contribution >= 0.6 is 0 Å². The smallest absolute Gasteiger partial charge is 0.222 e. The Morgan fingerprint density at radius 1 is 1.15 bits per heavy atom. The standard InChI is InChI=1S/C23H31N3O/c1-18-6-5-13-26(16-18)17-20-11-9-19(10-12-20)15-25-23(27)14-22(24)21-7-3-2-4-8-21/h2-4,7-12,18,22H,5-6,13-17,24H2,1H3,(H,25,27). The molecule has 4 heteroatoms. The van der Waals surface area contributed by atoms with E-state index in [0.29, 0.717) is 13.0 Å². The molecule has 0 saturated carbocycles. The number of nitrogens with one attached hydrogen (secondary N) is 1. The average molecular weight is 366 g/mol. The highest BCUT2D eigenvalue weighted by atomic mass is 16.1. The maximum atomic E-state index is 12.2. The molecule has 27 heavy (non-hydrogen) atoms. The van der Waals surface area contributed by atoms with Gasteiger partial charge >= 0.3 is 0 Å². The first-order valence-electron chi connectivity index (χ1n) is 9.97. The summed E-state index contributed by atoms with van der Waals surface area (Å²) in [5.41, 5.74) is 9.56. The molecular weight excluding hydrogens is 334 g/mol. The van der Waals surface area contributed by atoms with Gasteiger partial charge in [0.15, 0.2) is 0 Å². The molecule has 0 aromatic heterocycles. The minimum absolute atomic E-state index is 0.0160. The van der Waals surface area contributed by atoms with E-state index in [1.54, 1.807) is 0 Å². The van der Waals surface area contributed by atoms with Gasteiger partial charge in [0.2, 0.25) is 5.91 Å². The topological polar surface area (TPSA) is 58.4 Å². The Morgan fingerprint density at radius 3 is 2.56 bits per heavy atom. The summed E-state index contributed by atoms with van der Waals surface area (Å²) in [6.45, 7) is 6.29. The van der Waals surface area contributed by atoms with Crippen LogP contribution in [0.2, 0.25) is 0 Å². The number of likely N-dealkylation sites (tertiary alicyclic amines) is 1. The van der Waals surface area contributed by atoms with Crippen molar-refractivity contribution in [1.29, 1.82) is 0 Å². The summed E-state index contributed by atoms with van der Waals surface area (Å²) in [4.78, 5) is 14.7. The van der Waals surface area contributed by atoms with Crippen LogP contribution in [0.3, 0.4) is 0 Å². The number of hydrogen-bond donors (Lipinski definition) is 2. The first-order valence-corrected chi connectivity index (χ1v) is 9.97. The van der Waals surface area contributed by atoms with Crippen molar-refractivity contribution in [1.82, 2.24) is 10.2 Å². The first kappa shape index (κ1) is 19.6. The number of carbonyl (C=O) groups excluding carboxylic acids is 1. The van der Waals surface area contributed by atoms with E-state index in [1.165, 1.54) is 31.5 Å². The second-order valence-electron chi connectivity index (χ2n) is 7.80. The zero-order valence-corrected chi connectivity index (χ0v) is 16.2. The average Bonchev–Trinajstić information content (AvgIpc) is 2.68. The largest absolute Gasteiger partial charge is 0.352 e. The highest BCUT2D eigenvalue weighted by Gasteiger charge is 2.16. The maximum absolute atomic E-state index is 12.2. The van der Waals surface area contributed by atoms with Crippen LogP contribution in [0.25, 0.3) is 0 Å². The lowest BCUT2D eigenvalue weighted by Crippen LogP contribution is -2.33. The molecule has 0 aliphatic carbocycles. The molecule has 3 rings (SSSR count). The summed E-state index contributed by atoms with van der Waals surface area (Å²) in [5.74, 6) is 0.785. The van der Waals surface area contributed by atoms with E-state index >= 15 is 0 Å². The van der Waals surface area contributed by atoms with Gasteiger partial charge in [-0.25, -0.2) is 0 Å². The Labute approximate surface area is 162 Å². The number of amides is 1. The van der Waals surface area contributed by atoms with Crippen LogP contribution in [0.5, 0.6) is 0 Å². The van der Waals surface area contributed by atoms with Crippen molar-refractivity contribution in [3.63, 3.8) is 0 Å². The molecule has 1 saturated heterocycles. The third-order valence-corrected chi connectivity index (χ3v) is 5.29. The SMILES string of the molecule is CC1CCCN(Cc2ccc(CNC(=O)CC(N)c3ccccc3)cc2)C1. The number of hydrogen-bond acceptors (Lipinski definition) is 3. The van der Waals surface area contributed by atoms with Gasteiger partial charge in [-0.2, -0.15) is 0 Å². The molecule has 2 atom stereocenters. The Kier molecular flexibility index (Phi) is 7.02. The summed E-state index contributed by atoms with van der Waals surface area (Å²) in [6.07, 6.45) is 2.95. The predicted octanol–water partition coefficient (Wildman–Crippen LogP) is 3.62. The summed E-state index contributed by atoms with van der Waals surface area (Å²) in [6, 6.07) is 18.1. The van der Waals surface area contributed by atoms with Crippen molar-refractivity contribution in [3.8, 4) is 0 Å². The third kappa shape index (κ3) is 6.19. The van der Waals surface area contributed by atoms with Crippen LogP contribution in [-0.2, 0) is 17.9 Å². The number of nitrogens with zero attached hydrogens (tertiary/aromatic N) is 1. The second kappa shape index (κ2) is 9.67. The monoisotopic (exact) mass is 365 g/mol. The van der Waals surface area contributed by atoms with E-state index in [4.69, 9.17) is 5.73 Å². The summed E-state index contributed by atoms with van der Waals surface area (Å²) in [5, 5.41) is 2.98. The van der Waals surface area contributed by atoms with Crippen LogP contribution in [-0.4, -0.2) is 23.9 Å². The predicted molar refractivity (Wildman–Crippen MR) is 110 cm³/mol. The van der Waals surface area contributed by atoms with Gasteiger partial charge in [-0.3, -0.25) is 9.69 Å². The van der Waals surface area contributed by atoms with E-state index in [1.807, 2.05) is 30.3 Å². The van der Waals surface area contributed by atoms with Crippen molar-refractivity contribution >= 4 is 5.91 Å². The lowest BCUT2D eigenvalue weighted by Gasteiger charge is -2.30. The molecule has 1 aliphatic heterocycles. The van der Waals surface area contributed by atoms with Crippen molar-refractivity contribution in [3.05, 3.63) is 71.3 Å². The summed E-state index contributed by atoms with van der Waals surface area (Å²) < 4.78 is 0. The minimum atomic E-state index is -0.263. The fraction of sp³-hybridized carbons (Fsp3) is 0.435. The number of carbonyl (C=O) groups is 1. The van der Waals surface area contributed by atoms with Gasteiger partial charge < -0.3 is 11.1 Å². The van der Waals surface area contributed by atoms with Gasteiger partial charge in [-0.15, -0.1) is 0 Å². The number of benzene rings is 2. The molecule has 1 heterocycles. The molecule has 4 nitrogen and oxygen atoms in total. The summed E-state index contributed by atoms with van der Waals surface area (Å²) >= 11 is 0. The number of rotatable bonds is 7. The lowest BCUT2D eigenvalue weighted by molar-refractivity contribution is -0.121. The van der Waals surface area contributed by atoms with Gasteiger partial charge in [0.25, 0.3) is 0 Å². The second-order valence-corrected chi connectivity index (χ2v) is 7.80. The van der Waals surface area contributed by atoms with Gasteiger partial charge in [0, 0.05) is 32.1 Å².